The molecule has 0 saturated carbocycles. The molecule has 180 valence electrons. The molecule has 0 aliphatic carbocycles. The Labute approximate surface area is 200 Å². The SMILES string of the molecule is COc1ccc(CCn2nc(C)c(O)c2C(=N)/N=C(\N)c2nc(C(N)=O)n3cc(C)ncc23)cc1. The largest absolute Gasteiger partial charge is 0.504 e. The van der Waals surface area contributed by atoms with Crippen molar-refractivity contribution in [2.45, 2.75) is 26.8 Å². The van der Waals surface area contributed by atoms with E-state index in [9.17, 15) is 9.90 Å². The van der Waals surface area contributed by atoms with Gasteiger partial charge in [-0.05, 0) is 38.0 Å². The van der Waals surface area contributed by atoms with Gasteiger partial charge < -0.3 is 21.3 Å². The summed E-state index contributed by atoms with van der Waals surface area (Å²) >= 11 is 0. The Morgan fingerprint density at radius 3 is 2.60 bits per heavy atom. The number of nitrogens with two attached hydrogens (primary N) is 2. The molecule has 3 aromatic heterocycles. The van der Waals surface area contributed by atoms with Crippen LogP contribution in [-0.2, 0) is 13.0 Å². The lowest BCUT2D eigenvalue weighted by molar-refractivity contribution is 0.0990. The van der Waals surface area contributed by atoms with Gasteiger partial charge in [-0.1, -0.05) is 12.1 Å². The number of ether oxygens (including phenoxy) is 1. The van der Waals surface area contributed by atoms with E-state index in [4.69, 9.17) is 21.6 Å². The van der Waals surface area contributed by atoms with Crippen molar-refractivity contribution in [3.05, 3.63) is 70.8 Å². The predicted octanol–water partition coefficient (Wildman–Crippen LogP) is 1.33. The van der Waals surface area contributed by atoms with Crippen LogP contribution in [0.5, 0.6) is 11.5 Å². The van der Waals surface area contributed by atoms with Gasteiger partial charge in [0.05, 0.1) is 24.5 Å². The average Bonchev–Trinajstić information content (AvgIpc) is 3.35. The third-order valence-corrected chi connectivity index (χ3v) is 5.44. The molecule has 0 atom stereocenters. The lowest BCUT2D eigenvalue weighted by Crippen LogP contribution is -2.19. The van der Waals surface area contributed by atoms with Gasteiger partial charge in [0.15, 0.2) is 17.4 Å². The van der Waals surface area contributed by atoms with Gasteiger partial charge in [0, 0.05) is 12.7 Å². The Hall–Kier alpha value is -4.74. The number of aryl methyl sites for hydroxylation is 4. The number of imidazole rings is 1. The maximum atomic E-state index is 11.9. The monoisotopic (exact) mass is 475 g/mol. The molecule has 0 unspecified atom stereocenters. The first-order chi connectivity index (χ1) is 16.7. The molecule has 0 saturated heterocycles. The standard InChI is InChI=1S/C23H25N9O3/c1-12-11-31-16(10-27-12)17(28-23(31)22(26)34)20(24)29-21(25)18-19(33)13(2)30-32(18)9-8-14-4-6-15(35-3)7-5-14/h4-7,10-11,33H,8-9H2,1-3H3,(H2,26,34)(H3,24,25,29). The van der Waals surface area contributed by atoms with Crippen LogP contribution in [0.4, 0.5) is 0 Å². The molecule has 1 amide bonds. The summed E-state index contributed by atoms with van der Waals surface area (Å²) in [5, 5.41) is 23.4. The summed E-state index contributed by atoms with van der Waals surface area (Å²) in [6.07, 6.45) is 3.70. The Bertz CT molecular complexity index is 1470. The van der Waals surface area contributed by atoms with Crippen molar-refractivity contribution in [1.82, 2.24) is 24.1 Å². The Morgan fingerprint density at radius 1 is 1.23 bits per heavy atom. The van der Waals surface area contributed by atoms with Crippen LogP contribution in [0.25, 0.3) is 5.52 Å². The molecule has 4 aromatic rings. The highest BCUT2D eigenvalue weighted by Gasteiger charge is 2.22. The summed E-state index contributed by atoms with van der Waals surface area (Å²) in [5.74, 6) is -0.628. The van der Waals surface area contributed by atoms with Crippen molar-refractivity contribution in [2.24, 2.45) is 16.5 Å². The fourth-order valence-electron chi connectivity index (χ4n) is 3.67. The number of carbonyl (C=O) groups excluding carboxylic acids is 1. The molecule has 4 rings (SSSR count). The topological polar surface area (TPSA) is 183 Å². The number of aromatic nitrogens is 5. The number of nitrogens with one attached hydrogen (secondary N) is 1. The Kier molecular flexibility index (Phi) is 6.19. The molecule has 0 spiro atoms. The number of amides is 1. The number of aromatic hydroxyl groups is 1. The zero-order valence-electron chi connectivity index (χ0n) is 19.5. The molecule has 3 heterocycles. The lowest BCUT2D eigenvalue weighted by atomic mass is 10.1. The number of hydrogen-bond acceptors (Lipinski definition) is 7. The number of hydrogen-bond donors (Lipinski definition) is 4. The first kappa shape index (κ1) is 23.4. The third-order valence-electron chi connectivity index (χ3n) is 5.44. The maximum Gasteiger partial charge on any atom is 0.285 e. The predicted molar refractivity (Wildman–Crippen MR) is 129 cm³/mol. The van der Waals surface area contributed by atoms with Crippen molar-refractivity contribution in [2.75, 3.05) is 7.11 Å². The lowest BCUT2D eigenvalue weighted by Gasteiger charge is -2.08. The Balaban J connectivity index is 1.65. The first-order valence-corrected chi connectivity index (χ1v) is 10.7. The number of rotatable bonds is 7. The minimum Gasteiger partial charge on any atom is -0.504 e. The van der Waals surface area contributed by atoms with Gasteiger partial charge >= 0.3 is 0 Å². The highest BCUT2D eigenvalue weighted by atomic mass is 16.5. The molecule has 6 N–H and O–H groups in total. The van der Waals surface area contributed by atoms with Crippen molar-refractivity contribution in [1.29, 1.82) is 5.41 Å². The molecule has 0 aliphatic heterocycles. The molecule has 12 nitrogen and oxygen atoms in total. The van der Waals surface area contributed by atoms with Crippen LogP contribution in [-0.4, -0.2) is 53.9 Å². The summed E-state index contributed by atoms with van der Waals surface area (Å²) in [6, 6.07) is 7.60. The van der Waals surface area contributed by atoms with Gasteiger partial charge in [-0.2, -0.15) is 5.10 Å². The summed E-state index contributed by atoms with van der Waals surface area (Å²) in [7, 11) is 1.60. The highest BCUT2D eigenvalue weighted by molar-refractivity contribution is 6.12. The number of benzene rings is 1. The molecular formula is C23H25N9O3. The molecule has 1 aromatic carbocycles. The summed E-state index contributed by atoms with van der Waals surface area (Å²) in [5.41, 5.74) is 14.4. The van der Waals surface area contributed by atoms with E-state index in [0.717, 1.165) is 11.3 Å². The van der Waals surface area contributed by atoms with E-state index in [1.54, 1.807) is 27.2 Å². The van der Waals surface area contributed by atoms with E-state index in [2.05, 4.69) is 20.1 Å². The smallest absolute Gasteiger partial charge is 0.285 e. The number of amidine groups is 2. The van der Waals surface area contributed by atoms with Gasteiger partial charge in [0.1, 0.15) is 22.8 Å². The van der Waals surface area contributed by atoms with Crippen LogP contribution in [0.3, 0.4) is 0 Å². The van der Waals surface area contributed by atoms with Gasteiger partial charge in [0.25, 0.3) is 5.91 Å². The zero-order chi connectivity index (χ0) is 25.3. The van der Waals surface area contributed by atoms with E-state index in [-0.39, 0.29) is 34.6 Å². The van der Waals surface area contributed by atoms with Crippen LogP contribution in [0, 0.1) is 19.3 Å². The zero-order valence-corrected chi connectivity index (χ0v) is 19.5. The summed E-state index contributed by atoms with van der Waals surface area (Å²) in [4.78, 5) is 24.5. The van der Waals surface area contributed by atoms with E-state index < -0.39 is 5.91 Å². The van der Waals surface area contributed by atoms with Crippen LogP contribution < -0.4 is 16.2 Å². The van der Waals surface area contributed by atoms with Crippen LogP contribution in [0.1, 0.15) is 39.0 Å². The number of carbonyl (C=O) groups is 1. The second-order valence-corrected chi connectivity index (χ2v) is 7.88. The second-order valence-electron chi connectivity index (χ2n) is 7.88. The normalized spacial score (nSPS) is 11.7. The minimum atomic E-state index is -0.746. The first-order valence-electron chi connectivity index (χ1n) is 10.7. The van der Waals surface area contributed by atoms with Crippen molar-refractivity contribution in [3.63, 3.8) is 0 Å². The van der Waals surface area contributed by atoms with Crippen molar-refractivity contribution >= 4 is 23.1 Å². The van der Waals surface area contributed by atoms with Crippen LogP contribution in [0.15, 0.2) is 41.7 Å². The number of primary amides is 1. The fraction of sp³-hybridized carbons (Fsp3) is 0.217. The Morgan fingerprint density at radius 2 is 1.94 bits per heavy atom. The van der Waals surface area contributed by atoms with Crippen molar-refractivity contribution in [3.8, 4) is 11.5 Å². The summed E-state index contributed by atoms with van der Waals surface area (Å²) < 4.78 is 8.17. The number of methoxy groups -OCH3 is 1. The number of fused-ring (bicyclic) bond motifs is 1. The number of nitrogens with zero attached hydrogens (tertiary/aromatic N) is 6. The van der Waals surface area contributed by atoms with E-state index in [1.165, 1.54) is 15.3 Å². The minimum absolute atomic E-state index is 0.0339. The quantitative estimate of drug-likeness (QED) is 0.229. The second kappa shape index (κ2) is 9.25. The molecule has 12 heteroatoms. The fourth-order valence-corrected chi connectivity index (χ4v) is 3.67. The summed E-state index contributed by atoms with van der Waals surface area (Å²) in [6.45, 7) is 3.79. The van der Waals surface area contributed by atoms with Crippen LogP contribution in [0.2, 0.25) is 0 Å². The van der Waals surface area contributed by atoms with E-state index in [1.807, 2.05) is 24.3 Å². The van der Waals surface area contributed by atoms with E-state index >= 15 is 0 Å². The molecule has 0 radical (unpaired) electrons. The van der Waals surface area contributed by atoms with Gasteiger partial charge in [-0.3, -0.25) is 24.3 Å². The van der Waals surface area contributed by atoms with E-state index in [0.29, 0.717) is 29.9 Å². The highest BCUT2D eigenvalue weighted by Crippen LogP contribution is 2.23. The molecule has 0 bridgehead atoms. The molecule has 35 heavy (non-hydrogen) atoms. The van der Waals surface area contributed by atoms with Gasteiger partial charge in [-0.15, -0.1) is 0 Å². The average molecular weight is 476 g/mol. The van der Waals surface area contributed by atoms with Gasteiger partial charge in [0.2, 0.25) is 5.82 Å². The van der Waals surface area contributed by atoms with Gasteiger partial charge in [-0.25, -0.2) is 9.98 Å². The molecule has 0 fully saturated rings. The van der Waals surface area contributed by atoms with Crippen LogP contribution >= 0.6 is 0 Å². The maximum absolute atomic E-state index is 11.9. The number of aliphatic imine (C=N–C) groups is 1. The van der Waals surface area contributed by atoms with Crippen molar-refractivity contribution < 1.29 is 14.6 Å². The molecular weight excluding hydrogens is 450 g/mol. The third kappa shape index (κ3) is 4.53. The molecule has 0 aliphatic rings.